The molecule has 6 aromatic carbocycles. The first-order chi connectivity index (χ1) is 62.3. The number of halogens is 2. The normalized spacial score (nSPS) is 14.5. The van der Waals surface area contributed by atoms with Crippen molar-refractivity contribution in [3.05, 3.63) is 267 Å². The van der Waals surface area contributed by atoms with Crippen molar-refractivity contribution in [2.45, 2.75) is 128 Å². The molecule has 1 aliphatic carbocycles. The molecule has 31 nitrogen and oxygen atoms in total. The third-order valence-electron chi connectivity index (χ3n) is 22.7. The summed E-state index contributed by atoms with van der Waals surface area (Å²) in [6.07, 6.45) is 14.0. The van der Waals surface area contributed by atoms with Gasteiger partial charge in [-0.2, -0.15) is 25.5 Å². The Balaban J connectivity index is 0.000000123. The van der Waals surface area contributed by atoms with Crippen LogP contribution >= 0.6 is 23.2 Å². The van der Waals surface area contributed by atoms with Gasteiger partial charge in [0.25, 0.3) is 17.7 Å². The van der Waals surface area contributed by atoms with E-state index in [1.165, 1.54) is 43.8 Å². The molecule has 19 rings (SSSR count). The number of hydrogen-bond donors (Lipinski definition) is 5. The SMILES string of the molecule is CC(C)OCC(=O)N1CCc2[nH]nc(-c3ccccc3)c2C1.CS(=O)(=O)c1cccc(OCC(=O)N2CCc3[nH]nc(-c4ccccc4)c3C2)c1.O=C(COC1CCCCC1)N1CCc2[nH]nc(-c3ccccc3)c2C1.O=C(COc1ccc(Cl)nn1)N1CCc2[nH]nc(-c3ccccc3)c2C1.O=C(COc1cnc(Cl)cn1)N1CCc2[nH]nc(-c3ccccc3)c2C1. The number of sulfone groups is 1. The molecule has 7 aromatic heterocycles. The Morgan fingerprint density at radius 1 is 0.391 bits per heavy atom. The van der Waals surface area contributed by atoms with Gasteiger partial charge < -0.3 is 48.2 Å². The molecule has 0 atom stereocenters. The lowest BCUT2D eigenvalue weighted by molar-refractivity contribution is -0.140. The number of ether oxygens (including phenoxy) is 5. The maximum absolute atomic E-state index is 12.7. The fraction of sp³-hybridized carbons (Fsp3) is 0.319. The summed E-state index contributed by atoms with van der Waals surface area (Å²) in [7, 11) is -3.33. The highest BCUT2D eigenvalue weighted by Gasteiger charge is 2.33. The maximum Gasteiger partial charge on any atom is 0.260 e. The molecule has 12 heterocycles. The molecule has 0 unspecified atom stereocenters. The average molecular weight is 1790 g/mol. The zero-order valence-corrected chi connectivity index (χ0v) is 73.5. The van der Waals surface area contributed by atoms with E-state index in [0.717, 1.165) is 164 Å². The molecule has 0 spiro atoms. The number of amides is 5. The van der Waals surface area contributed by atoms with Gasteiger partial charge in [0.2, 0.25) is 23.6 Å². The van der Waals surface area contributed by atoms with Crippen LogP contribution in [-0.2, 0) is 108 Å². The van der Waals surface area contributed by atoms with Crippen molar-refractivity contribution >= 4 is 62.6 Å². The van der Waals surface area contributed by atoms with Gasteiger partial charge in [-0.05, 0) is 51.0 Å². The molecule has 13 aromatic rings. The molecule has 662 valence electrons. The van der Waals surface area contributed by atoms with Gasteiger partial charge >= 0.3 is 0 Å². The van der Waals surface area contributed by atoms with Crippen LogP contribution in [0.1, 0.15) is 102 Å². The van der Waals surface area contributed by atoms with E-state index in [-0.39, 0.29) is 102 Å². The number of carbonyl (C=O) groups excluding carboxylic acids is 5. The second-order valence-electron chi connectivity index (χ2n) is 31.7. The van der Waals surface area contributed by atoms with Crippen molar-refractivity contribution in [3.63, 3.8) is 0 Å². The number of nitrogens with one attached hydrogen (secondary N) is 5. The van der Waals surface area contributed by atoms with Crippen LogP contribution < -0.4 is 14.2 Å². The minimum Gasteiger partial charge on any atom is -0.484 e. The van der Waals surface area contributed by atoms with Crippen LogP contribution in [0.4, 0.5) is 0 Å². The largest absolute Gasteiger partial charge is 0.484 e. The second-order valence-corrected chi connectivity index (χ2v) is 34.5. The first kappa shape index (κ1) is 89.6. The number of aromatic nitrogens is 14. The first-order valence-corrected chi connectivity index (χ1v) is 45.3. The third-order valence-corrected chi connectivity index (χ3v) is 24.2. The van der Waals surface area contributed by atoms with Gasteiger partial charge in [-0.1, -0.05) is 200 Å². The van der Waals surface area contributed by atoms with Crippen LogP contribution in [0.2, 0.25) is 10.3 Å². The number of hydrogen-bond acceptors (Lipinski definition) is 21. The summed E-state index contributed by atoms with van der Waals surface area (Å²) >= 11 is 11.4. The summed E-state index contributed by atoms with van der Waals surface area (Å²) in [5, 5.41) is 45.8. The molecule has 5 aliphatic heterocycles. The monoisotopic (exact) mass is 1790 g/mol. The van der Waals surface area contributed by atoms with Crippen molar-refractivity contribution in [3.8, 4) is 73.8 Å². The van der Waals surface area contributed by atoms with Crippen LogP contribution in [0.5, 0.6) is 17.5 Å². The van der Waals surface area contributed by atoms with E-state index in [1.807, 2.05) is 163 Å². The molecule has 0 saturated heterocycles. The molecule has 0 radical (unpaired) electrons. The Morgan fingerprint density at radius 2 is 0.742 bits per heavy atom. The van der Waals surface area contributed by atoms with Crippen molar-refractivity contribution in [1.82, 2.24) is 95.7 Å². The molecule has 6 aliphatic rings. The highest BCUT2D eigenvalue weighted by Crippen LogP contribution is 2.35. The Bertz CT molecular complexity index is 5870. The van der Waals surface area contributed by atoms with Crippen molar-refractivity contribution in [2.75, 3.05) is 72.0 Å². The molecule has 128 heavy (non-hydrogen) atoms. The Labute approximate surface area is 750 Å². The number of benzene rings is 6. The summed E-state index contributed by atoms with van der Waals surface area (Å²) < 4.78 is 51.0. The number of carbonyl (C=O) groups is 5. The van der Waals surface area contributed by atoms with E-state index in [0.29, 0.717) is 71.1 Å². The minimum absolute atomic E-state index is 0.0413. The summed E-state index contributed by atoms with van der Waals surface area (Å²) in [5.41, 5.74) is 20.7. The summed E-state index contributed by atoms with van der Waals surface area (Å²) in [6.45, 7) is 9.83. The van der Waals surface area contributed by atoms with Crippen molar-refractivity contribution < 1.29 is 56.1 Å². The van der Waals surface area contributed by atoms with Gasteiger partial charge in [0.1, 0.15) is 24.1 Å². The molecular formula is C94H99Cl2N19O12S. The maximum atomic E-state index is 12.7. The van der Waals surface area contributed by atoms with Crippen LogP contribution in [0.3, 0.4) is 0 Å². The highest BCUT2D eigenvalue weighted by molar-refractivity contribution is 7.90. The average Bonchev–Trinajstić information content (AvgIpc) is 1.67. The second kappa shape index (κ2) is 42.8. The fourth-order valence-electron chi connectivity index (χ4n) is 15.8. The Morgan fingerprint density at radius 3 is 1.08 bits per heavy atom. The molecule has 34 heteroatoms. The standard InChI is InChI=1S/C21H21N3O4S.C20H25N3O2.2C18H16ClN5O2.C17H21N3O2/c1-29(26,27)17-9-5-8-16(12-17)28-14-20(25)24-11-10-19-18(13-24)21(23-22-19)15-6-3-2-4-7-15;24-19(14-25-16-9-5-2-6-10-16)23-12-11-18-17(13-23)20(22-21-18)15-7-3-1-4-8-15;19-15-8-21-16(9-20-15)26-11-17(25)24-7-6-14-13(10-24)18(23-22-14)12-4-2-1-3-5-12;19-15-6-7-16(22-21-15)26-11-17(25)24-9-8-14-13(10-24)18(23-20-14)12-4-2-1-3-5-12;1-12(2)22-11-16(21)20-9-8-15-14(10-20)17(19-18-15)13-6-4-3-5-7-13/h2-9,12H,10-11,13-14H2,1H3,(H,22,23);1,3-4,7-8,16H,2,5-6,9-14H2,(H,21,22);1-5,8-9H,6-7,10-11H2,(H,22,23);1-7H,8-11H2,(H,20,23);3-7,12H,8-11H2,1-2H3,(H,18,19). The fourth-order valence-corrected chi connectivity index (χ4v) is 16.7. The predicted octanol–water partition coefficient (Wildman–Crippen LogP) is 13.1. The lowest BCUT2D eigenvalue weighted by Crippen LogP contribution is -2.39. The highest BCUT2D eigenvalue weighted by atomic mass is 35.5. The van der Waals surface area contributed by atoms with Crippen LogP contribution in [0.15, 0.2) is 205 Å². The number of rotatable bonds is 21. The van der Waals surface area contributed by atoms with E-state index < -0.39 is 9.84 Å². The number of fused-ring (bicyclic) bond motifs is 5. The zero-order valence-electron chi connectivity index (χ0n) is 71.2. The van der Waals surface area contributed by atoms with E-state index >= 15 is 0 Å². The van der Waals surface area contributed by atoms with Gasteiger partial charge in [0, 0.05) is 194 Å². The summed E-state index contributed by atoms with van der Waals surface area (Å²) in [5.74, 6) is 0.673. The van der Waals surface area contributed by atoms with Gasteiger partial charge in [-0.15, -0.1) is 10.2 Å². The van der Waals surface area contributed by atoms with E-state index in [4.69, 9.17) is 46.9 Å². The Kier molecular flexibility index (Phi) is 30.0. The lowest BCUT2D eigenvalue weighted by Gasteiger charge is -2.28. The summed E-state index contributed by atoms with van der Waals surface area (Å²) in [6, 6.07) is 59.3. The Hall–Kier alpha value is -13.3. The van der Waals surface area contributed by atoms with Gasteiger partial charge in [0.15, 0.2) is 34.8 Å². The number of H-pyrrole nitrogens is 5. The topological polar surface area (TPSA) is 377 Å². The van der Waals surface area contributed by atoms with Crippen molar-refractivity contribution in [1.29, 1.82) is 0 Å². The third kappa shape index (κ3) is 23.3. The van der Waals surface area contributed by atoms with Crippen LogP contribution in [0.25, 0.3) is 56.3 Å². The van der Waals surface area contributed by atoms with Crippen LogP contribution in [-0.4, -0.2) is 218 Å². The molecule has 1 fully saturated rings. The quantitative estimate of drug-likeness (QED) is 0.0446. The molecule has 0 bridgehead atoms. The minimum atomic E-state index is -3.33. The van der Waals surface area contributed by atoms with E-state index in [1.54, 1.807) is 39.0 Å². The van der Waals surface area contributed by atoms with Gasteiger partial charge in [-0.25, -0.2) is 18.4 Å². The molecule has 1 saturated carbocycles. The molecular weight excluding hydrogens is 1690 g/mol. The number of aromatic amines is 5. The predicted molar refractivity (Wildman–Crippen MR) is 480 cm³/mol. The van der Waals surface area contributed by atoms with Crippen LogP contribution in [0, 0.1) is 0 Å². The summed E-state index contributed by atoms with van der Waals surface area (Å²) in [4.78, 5) is 79.6. The van der Waals surface area contributed by atoms with E-state index in [9.17, 15) is 32.4 Å². The van der Waals surface area contributed by atoms with E-state index in [2.05, 4.69) is 83.3 Å². The zero-order chi connectivity index (χ0) is 88.9. The van der Waals surface area contributed by atoms with Gasteiger partial charge in [-0.3, -0.25) is 49.5 Å². The molecule has 5 N–H and O–H groups in total. The van der Waals surface area contributed by atoms with Crippen molar-refractivity contribution in [2.24, 2.45) is 0 Å². The lowest BCUT2D eigenvalue weighted by atomic mass is 9.98. The number of nitrogens with zero attached hydrogens (tertiary/aromatic N) is 14. The smallest absolute Gasteiger partial charge is 0.260 e. The van der Waals surface area contributed by atoms with Gasteiger partial charge in [0.05, 0.1) is 58.0 Å². The molecule has 5 amide bonds. The first-order valence-electron chi connectivity index (χ1n) is 42.6.